The Kier molecular flexibility index (Phi) is 4.51. The first-order valence-electron chi connectivity index (χ1n) is 5.50. The fraction of sp³-hybridized carbons (Fsp3) is 0.636. The molecule has 1 unspecified atom stereocenters. The van der Waals surface area contributed by atoms with Gasteiger partial charge in [-0.25, -0.2) is 4.98 Å². The lowest BCUT2D eigenvalue weighted by Gasteiger charge is -2.22. The molecule has 16 heavy (non-hydrogen) atoms. The van der Waals surface area contributed by atoms with Gasteiger partial charge in [0.1, 0.15) is 5.15 Å². The largest absolute Gasteiger partial charge is 0.376 e. The summed E-state index contributed by atoms with van der Waals surface area (Å²) in [6.07, 6.45) is 6.88. The molecule has 2 rings (SSSR count). The van der Waals surface area contributed by atoms with Gasteiger partial charge in [-0.15, -0.1) is 0 Å². The summed E-state index contributed by atoms with van der Waals surface area (Å²) in [5, 5.41) is 0.402. The normalized spacial score (nSPS) is 20.9. The molecule has 0 saturated carbocycles. The van der Waals surface area contributed by atoms with Crippen LogP contribution in [0.4, 0.5) is 0 Å². The van der Waals surface area contributed by atoms with Gasteiger partial charge in [0.25, 0.3) is 0 Å². The van der Waals surface area contributed by atoms with Crippen molar-refractivity contribution in [1.82, 2.24) is 9.97 Å². The predicted octanol–water partition coefficient (Wildman–Crippen LogP) is 2.22. The van der Waals surface area contributed by atoms with Crippen LogP contribution in [0.2, 0.25) is 5.15 Å². The Balaban J connectivity index is 1.69. The fourth-order valence-electron chi connectivity index (χ4n) is 1.65. The van der Waals surface area contributed by atoms with E-state index in [0.717, 1.165) is 18.7 Å². The van der Waals surface area contributed by atoms with E-state index in [-0.39, 0.29) is 6.10 Å². The minimum absolute atomic E-state index is 0.244. The number of hydrogen-bond acceptors (Lipinski definition) is 4. The molecule has 5 heteroatoms. The van der Waals surface area contributed by atoms with Gasteiger partial charge in [-0.05, 0) is 19.3 Å². The lowest BCUT2D eigenvalue weighted by Crippen LogP contribution is -2.24. The Bertz CT molecular complexity index is 312. The summed E-state index contributed by atoms with van der Waals surface area (Å²) in [5.74, 6) is 0. The van der Waals surface area contributed by atoms with Gasteiger partial charge in [-0.1, -0.05) is 11.6 Å². The summed E-state index contributed by atoms with van der Waals surface area (Å²) >= 11 is 5.63. The summed E-state index contributed by atoms with van der Waals surface area (Å²) in [4.78, 5) is 8.04. The van der Waals surface area contributed by atoms with Crippen LogP contribution in [0.3, 0.4) is 0 Å². The van der Waals surface area contributed by atoms with Crippen LogP contribution in [0.15, 0.2) is 12.4 Å². The van der Waals surface area contributed by atoms with E-state index in [9.17, 15) is 0 Å². The Morgan fingerprint density at radius 1 is 1.38 bits per heavy atom. The zero-order valence-electron chi connectivity index (χ0n) is 9.06. The van der Waals surface area contributed by atoms with Gasteiger partial charge < -0.3 is 9.47 Å². The van der Waals surface area contributed by atoms with Crippen molar-refractivity contribution in [1.29, 1.82) is 0 Å². The first kappa shape index (κ1) is 11.8. The van der Waals surface area contributed by atoms with Crippen LogP contribution < -0.4 is 0 Å². The highest BCUT2D eigenvalue weighted by atomic mass is 35.5. The predicted molar refractivity (Wildman–Crippen MR) is 60.3 cm³/mol. The molecule has 1 atom stereocenters. The van der Waals surface area contributed by atoms with Gasteiger partial charge in [0.2, 0.25) is 0 Å². The molecule has 0 radical (unpaired) electrons. The number of ether oxygens (including phenoxy) is 2. The molecule has 0 spiro atoms. The second kappa shape index (κ2) is 6.13. The van der Waals surface area contributed by atoms with Crippen LogP contribution in [0.1, 0.15) is 25.0 Å². The van der Waals surface area contributed by atoms with E-state index >= 15 is 0 Å². The van der Waals surface area contributed by atoms with Gasteiger partial charge in [-0.3, -0.25) is 4.98 Å². The molecule has 88 valence electrons. The fourth-order valence-corrected chi connectivity index (χ4v) is 1.74. The molecule has 4 nitrogen and oxygen atoms in total. The second-order valence-electron chi connectivity index (χ2n) is 3.83. The molecule has 1 aliphatic rings. The van der Waals surface area contributed by atoms with E-state index in [4.69, 9.17) is 21.1 Å². The molecular formula is C11H15ClN2O2. The zero-order valence-corrected chi connectivity index (χ0v) is 9.82. The summed E-state index contributed by atoms with van der Waals surface area (Å²) in [6, 6.07) is 0. The van der Waals surface area contributed by atoms with Crippen LogP contribution in [0.25, 0.3) is 0 Å². The molecule has 0 bridgehead atoms. The number of rotatable bonds is 4. The third-order valence-electron chi connectivity index (χ3n) is 2.50. The topological polar surface area (TPSA) is 44.2 Å². The minimum Gasteiger partial charge on any atom is -0.376 e. The second-order valence-corrected chi connectivity index (χ2v) is 4.22. The van der Waals surface area contributed by atoms with Crippen molar-refractivity contribution in [2.24, 2.45) is 0 Å². The third-order valence-corrected chi connectivity index (χ3v) is 2.70. The average molecular weight is 243 g/mol. The molecule has 0 aliphatic carbocycles. The quantitative estimate of drug-likeness (QED) is 0.812. The van der Waals surface area contributed by atoms with Crippen molar-refractivity contribution in [2.45, 2.75) is 32.0 Å². The monoisotopic (exact) mass is 242 g/mol. The van der Waals surface area contributed by atoms with E-state index in [0.29, 0.717) is 18.4 Å². The van der Waals surface area contributed by atoms with Crippen LogP contribution >= 0.6 is 11.6 Å². The summed E-state index contributed by atoms with van der Waals surface area (Å²) < 4.78 is 11.1. The van der Waals surface area contributed by atoms with Gasteiger partial charge in [0.05, 0.1) is 37.4 Å². The molecule has 0 aromatic carbocycles. The number of hydrogen-bond donors (Lipinski definition) is 0. The lowest BCUT2D eigenvalue weighted by molar-refractivity contribution is -0.0453. The third kappa shape index (κ3) is 3.70. The van der Waals surface area contributed by atoms with Gasteiger partial charge in [0.15, 0.2) is 0 Å². The summed E-state index contributed by atoms with van der Waals surface area (Å²) in [5.41, 5.74) is 0.792. The van der Waals surface area contributed by atoms with Crippen LogP contribution in [-0.4, -0.2) is 29.3 Å². The maximum Gasteiger partial charge on any atom is 0.147 e. The van der Waals surface area contributed by atoms with Crippen molar-refractivity contribution in [3.63, 3.8) is 0 Å². The maximum atomic E-state index is 5.63. The van der Waals surface area contributed by atoms with Gasteiger partial charge >= 0.3 is 0 Å². The van der Waals surface area contributed by atoms with Gasteiger partial charge in [0, 0.05) is 6.61 Å². The SMILES string of the molecule is Clc1cnc(COCC2CCCCO2)cn1. The highest BCUT2D eigenvalue weighted by Gasteiger charge is 2.13. The highest BCUT2D eigenvalue weighted by Crippen LogP contribution is 2.13. The van der Waals surface area contributed by atoms with E-state index in [1.165, 1.54) is 19.0 Å². The lowest BCUT2D eigenvalue weighted by atomic mass is 10.1. The number of nitrogens with zero attached hydrogens (tertiary/aromatic N) is 2. The average Bonchev–Trinajstić information content (AvgIpc) is 2.33. The zero-order chi connectivity index (χ0) is 11.2. The minimum atomic E-state index is 0.244. The molecule has 1 aromatic heterocycles. The van der Waals surface area contributed by atoms with E-state index in [1.807, 2.05) is 0 Å². The van der Waals surface area contributed by atoms with E-state index in [2.05, 4.69) is 9.97 Å². The Hall–Kier alpha value is -0.710. The standard InChI is InChI=1S/C11H15ClN2O2/c12-11-6-13-9(5-14-11)7-15-8-10-3-1-2-4-16-10/h5-6,10H,1-4,7-8H2. The van der Waals surface area contributed by atoms with E-state index < -0.39 is 0 Å². The van der Waals surface area contributed by atoms with Crippen molar-refractivity contribution in [2.75, 3.05) is 13.2 Å². The molecule has 1 saturated heterocycles. The van der Waals surface area contributed by atoms with Crippen molar-refractivity contribution in [3.8, 4) is 0 Å². The van der Waals surface area contributed by atoms with Crippen molar-refractivity contribution in [3.05, 3.63) is 23.2 Å². The molecule has 2 heterocycles. The molecule has 0 N–H and O–H groups in total. The molecule has 0 amide bonds. The maximum absolute atomic E-state index is 5.63. The number of halogens is 1. The molecule has 1 fully saturated rings. The van der Waals surface area contributed by atoms with Gasteiger partial charge in [-0.2, -0.15) is 0 Å². The Labute approximate surface area is 99.9 Å². The van der Waals surface area contributed by atoms with Crippen molar-refractivity contribution >= 4 is 11.6 Å². The van der Waals surface area contributed by atoms with Crippen LogP contribution in [0.5, 0.6) is 0 Å². The number of aromatic nitrogens is 2. The van der Waals surface area contributed by atoms with E-state index in [1.54, 1.807) is 6.20 Å². The summed E-state index contributed by atoms with van der Waals surface area (Å²) in [7, 11) is 0. The first-order chi connectivity index (χ1) is 7.84. The smallest absolute Gasteiger partial charge is 0.147 e. The molecule has 1 aliphatic heterocycles. The first-order valence-corrected chi connectivity index (χ1v) is 5.88. The molecular weight excluding hydrogens is 228 g/mol. The molecule has 1 aromatic rings. The van der Waals surface area contributed by atoms with Crippen LogP contribution in [-0.2, 0) is 16.1 Å². The Morgan fingerprint density at radius 2 is 2.31 bits per heavy atom. The van der Waals surface area contributed by atoms with Crippen LogP contribution in [0, 0.1) is 0 Å². The Morgan fingerprint density at radius 3 is 3.00 bits per heavy atom. The highest BCUT2D eigenvalue weighted by molar-refractivity contribution is 6.29. The van der Waals surface area contributed by atoms with Crippen molar-refractivity contribution < 1.29 is 9.47 Å². The summed E-state index contributed by atoms with van der Waals surface area (Å²) in [6.45, 7) is 1.95.